The van der Waals surface area contributed by atoms with Gasteiger partial charge in [-0.25, -0.2) is 14.8 Å². The summed E-state index contributed by atoms with van der Waals surface area (Å²) < 4.78 is 8.13. The van der Waals surface area contributed by atoms with Crippen LogP contribution < -0.4 is 10.1 Å². The Morgan fingerprint density at radius 2 is 1.73 bits per heavy atom. The number of benzene rings is 2. The van der Waals surface area contributed by atoms with Gasteiger partial charge in [0, 0.05) is 60.3 Å². The first-order chi connectivity index (χ1) is 22.0. The van der Waals surface area contributed by atoms with Gasteiger partial charge in [-0.2, -0.15) is 0 Å². The lowest BCUT2D eigenvalue weighted by Gasteiger charge is -2.38. The molecule has 2 fully saturated rings. The molecule has 0 radical (unpaired) electrons. The van der Waals surface area contributed by atoms with E-state index in [2.05, 4.69) is 26.3 Å². The average molecular weight is 628 g/mol. The predicted molar refractivity (Wildman–Crippen MR) is 175 cm³/mol. The third kappa shape index (κ3) is 6.21. The van der Waals surface area contributed by atoms with Gasteiger partial charge in [0.2, 0.25) is 11.8 Å². The third-order valence-electron chi connectivity index (χ3n) is 9.33. The first kappa shape index (κ1) is 29.6. The first-order valence-corrected chi connectivity index (χ1v) is 16.3. The van der Waals surface area contributed by atoms with E-state index in [4.69, 9.17) is 16.3 Å². The van der Waals surface area contributed by atoms with E-state index in [1.54, 1.807) is 0 Å². The number of carbonyl (C=O) groups excluding carboxylic acids is 2. The minimum absolute atomic E-state index is 0.0129. The SMILES string of the molecule is O=C(Cn1cc(-c2ccccc2Cl)c2c(OCCN3CCCC3)ncnc21)N1CCC(N2CCc3ccccc3NC2=O)CC1. The predicted octanol–water partition coefficient (Wildman–Crippen LogP) is 5.31. The monoisotopic (exact) mass is 627 g/mol. The van der Waals surface area contributed by atoms with Crippen LogP contribution in [0.1, 0.15) is 31.2 Å². The second-order valence-electron chi connectivity index (χ2n) is 12.1. The summed E-state index contributed by atoms with van der Waals surface area (Å²) in [7, 11) is 0. The number of aromatic nitrogens is 3. The maximum Gasteiger partial charge on any atom is 0.322 e. The zero-order valence-corrected chi connectivity index (χ0v) is 26.1. The summed E-state index contributed by atoms with van der Waals surface area (Å²) in [6.07, 6.45) is 8.19. The zero-order valence-electron chi connectivity index (χ0n) is 25.3. The van der Waals surface area contributed by atoms with Gasteiger partial charge in [0.15, 0.2) is 0 Å². The van der Waals surface area contributed by atoms with Crippen LogP contribution in [0.5, 0.6) is 5.88 Å². The van der Waals surface area contributed by atoms with Crippen molar-refractivity contribution in [1.29, 1.82) is 0 Å². The summed E-state index contributed by atoms with van der Waals surface area (Å²) >= 11 is 6.66. The van der Waals surface area contributed by atoms with Crippen LogP contribution in [-0.2, 0) is 17.8 Å². The lowest BCUT2D eigenvalue weighted by atomic mass is 10.0. The number of piperidine rings is 1. The molecular weight excluding hydrogens is 590 g/mol. The summed E-state index contributed by atoms with van der Waals surface area (Å²) in [6.45, 7) is 5.56. The van der Waals surface area contributed by atoms with Crippen LogP contribution in [0.2, 0.25) is 5.02 Å². The summed E-state index contributed by atoms with van der Waals surface area (Å²) in [6, 6.07) is 15.7. The minimum atomic E-state index is -0.0613. The van der Waals surface area contributed by atoms with Crippen LogP contribution >= 0.6 is 11.6 Å². The van der Waals surface area contributed by atoms with Gasteiger partial charge in [0.05, 0.1) is 5.39 Å². The summed E-state index contributed by atoms with van der Waals surface area (Å²) in [5, 5.41) is 4.44. The van der Waals surface area contributed by atoms with E-state index in [1.807, 2.05) is 63.0 Å². The van der Waals surface area contributed by atoms with Gasteiger partial charge in [0.1, 0.15) is 25.1 Å². The quantitative estimate of drug-likeness (QED) is 0.285. The molecule has 11 heteroatoms. The highest BCUT2D eigenvalue weighted by atomic mass is 35.5. The fourth-order valence-corrected chi connectivity index (χ4v) is 7.14. The molecule has 3 aliphatic rings. The van der Waals surface area contributed by atoms with Crippen molar-refractivity contribution in [3.05, 3.63) is 71.6 Å². The highest BCUT2D eigenvalue weighted by Gasteiger charge is 2.32. The number of hydrogen-bond acceptors (Lipinski definition) is 6. The Morgan fingerprint density at radius 3 is 2.56 bits per heavy atom. The van der Waals surface area contributed by atoms with Crippen molar-refractivity contribution in [2.45, 2.75) is 44.7 Å². The molecule has 4 aromatic rings. The third-order valence-corrected chi connectivity index (χ3v) is 9.66. The largest absolute Gasteiger partial charge is 0.476 e. The van der Waals surface area contributed by atoms with Gasteiger partial charge >= 0.3 is 6.03 Å². The fourth-order valence-electron chi connectivity index (χ4n) is 6.90. The Bertz CT molecular complexity index is 1690. The van der Waals surface area contributed by atoms with E-state index in [-0.39, 0.29) is 24.5 Å². The maximum atomic E-state index is 13.7. The summed E-state index contributed by atoms with van der Waals surface area (Å²) in [4.78, 5) is 42.1. The van der Waals surface area contributed by atoms with Crippen molar-refractivity contribution < 1.29 is 14.3 Å². The second kappa shape index (κ2) is 13.1. The number of nitrogens with zero attached hydrogens (tertiary/aromatic N) is 6. The molecule has 2 aromatic carbocycles. The Balaban J connectivity index is 1.06. The molecule has 10 nitrogen and oxygen atoms in total. The van der Waals surface area contributed by atoms with Gasteiger partial charge in [-0.3, -0.25) is 9.69 Å². The van der Waals surface area contributed by atoms with E-state index >= 15 is 0 Å². The number of rotatable bonds is 8. The van der Waals surface area contributed by atoms with Crippen molar-refractivity contribution in [3.8, 4) is 17.0 Å². The molecular formula is C34H38ClN7O3. The van der Waals surface area contributed by atoms with Crippen molar-refractivity contribution in [2.24, 2.45) is 0 Å². The number of fused-ring (bicyclic) bond motifs is 2. The second-order valence-corrected chi connectivity index (χ2v) is 12.5. The Morgan fingerprint density at radius 1 is 0.956 bits per heavy atom. The first-order valence-electron chi connectivity index (χ1n) is 15.9. The molecule has 5 heterocycles. The lowest BCUT2D eigenvalue weighted by molar-refractivity contribution is -0.133. The van der Waals surface area contributed by atoms with Crippen LogP contribution in [0.25, 0.3) is 22.2 Å². The van der Waals surface area contributed by atoms with Gasteiger partial charge < -0.3 is 24.4 Å². The number of para-hydroxylation sites is 1. The molecule has 0 bridgehead atoms. The van der Waals surface area contributed by atoms with Crippen LogP contribution in [0.15, 0.2) is 61.1 Å². The molecule has 0 aliphatic carbocycles. The van der Waals surface area contributed by atoms with E-state index in [9.17, 15) is 9.59 Å². The Hall–Kier alpha value is -4.15. The van der Waals surface area contributed by atoms with Crippen molar-refractivity contribution in [3.63, 3.8) is 0 Å². The number of likely N-dealkylation sites (tertiary alicyclic amines) is 2. The lowest BCUT2D eigenvalue weighted by Crippen LogP contribution is -2.50. The van der Waals surface area contributed by atoms with Gasteiger partial charge in [0.25, 0.3) is 0 Å². The number of carbonyl (C=O) groups is 2. The van der Waals surface area contributed by atoms with E-state index in [0.717, 1.165) is 66.7 Å². The maximum absolute atomic E-state index is 13.7. The Kier molecular flexibility index (Phi) is 8.58. The van der Waals surface area contributed by atoms with Crippen LogP contribution in [0.3, 0.4) is 0 Å². The highest BCUT2D eigenvalue weighted by Crippen LogP contribution is 2.38. The number of hydrogen-bond donors (Lipinski definition) is 1. The molecule has 3 aliphatic heterocycles. The minimum Gasteiger partial charge on any atom is -0.476 e. The van der Waals surface area contributed by atoms with Crippen LogP contribution in [0, 0.1) is 0 Å². The molecule has 1 N–H and O–H groups in total. The summed E-state index contributed by atoms with van der Waals surface area (Å²) in [5.74, 6) is 0.512. The number of amides is 3. The highest BCUT2D eigenvalue weighted by molar-refractivity contribution is 6.33. The molecule has 2 aromatic heterocycles. The molecule has 0 saturated carbocycles. The number of urea groups is 1. The number of nitrogens with one attached hydrogen (secondary N) is 1. The smallest absolute Gasteiger partial charge is 0.322 e. The molecule has 0 spiro atoms. The van der Waals surface area contributed by atoms with E-state index < -0.39 is 0 Å². The van der Waals surface area contributed by atoms with Gasteiger partial charge in [-0.15, -0.1) is 0 Å². The van der Waals surface area contributed by atoms with E-state index in [0.29, 0.717) is 42.8 Å². The normalized spacial score (nSPS) is 17.8. The number of ether oxygens (including phenoxy) is 1. The number of halogens is 1. The van der Waals surface area contributed by atoms with Crippen molar-refractivity contribution in [2.75, 3.05) is 51.2 Å². The molecule has 7 rings (SSSR count). The zero-order chi connectivity index (χ0) is 30.8. The van der Waals surface area contributed by atoms with Gasteiger partial charge in [-0.1, -0.05) is 48.0 Å². The van der Waals surface area contributed by atoms with Crippen LogP contribution in [-0.4, -0.2) is 93.1 Å². The molecule has 234 valence electrons. The molecule has 0 atom stereocenters. The molecule has 45 heavy (non-hydrogen) atoms. The van der Waals surface area contributed by atoms with Crippen molar-refractivity contribution >= 4 is 40.3 Å². The molecule has 0 unspecified atom stereocenters. The fraction of sp³-hybridized carbons (Fsp3) is 0.412. The van der Waals surface area contributed by atoms with Crippen LogP contribution in [0.4, 0.5) is 10.5 Å². The number of anilines is 1. The summed E-state index contributed by atoms with van der Waals surface area (Å²) in [5.41, 5.74) is 4.36. The standard InChI is InChI=1S/C34H38ClN7O3/c35-28-9-3-2-8-26(28)27-21-41(32-31(27)33(37-23-36-32)45-20-19-39-14-5-6-15-39)22-30(43)40-16-12-25(13-17-40)42-18-11-24-7-1-4-10-29(24)38-34(42)44/h1-4,7-10,21,23,25H,5-6,11-20,22H2,(H,38,44). The molecule has 2 saturated heterocycles. The molecule has 3 amide bonds. The van der Waals surface area contributed by atoms with E-state index in [1.165, 1.54) is 19.2 Å². The Labute approximate surface area is 267 Å². The topological polar surface area (TPSA) is 95.8 Å². The van der Waals surface area contributed by atoms with Crippen molar-refractivity contribution in [1.82, 2.24) is 29.2 Å². The van der Waals surface area contributed by atoms with Gasteiger partial charge in [-0.05, 0) is 62.9 Å². The average Bonchev–Trinajstić information content (AvgIpc) is 3.67.